The van der Waals surface area contributed by atoms with Crippen molar-refractivity contribution in [1.82, 2.24) is 0 Å². The van der Waals surface area contributed by atoms with Crippen LogP contribution >= 0.6 is 15.9 Å². The van der Waals surface area contributed by atoms with E-state index in [4.69, 9.17) is 4.74 Å². The van der Waals surface area contributed by atoms with Crippen LogP contribution in [-0.2, 0) is 11.2 Å². The molecule has 0 radical (unpaired) electrons. The Labute approximate surface area is 111 Å². The van der Waals surface area contributed by atoms with Crippen molar-refractivity contribution in [1.29, 1.82) is 0 Å². The van der Waals surface area contributed by atoms with E-state index < -0.39 is 12.8 Å². The molecule has 0 atom stereocenters. The Morgan fingerprint density at radius 2 is 2.00 bits per heavy atom. The Kier molecular flexibility index (Phi) is 4.78. The molecule has 0 fully saturated rings. The summed E-state index contributed by atoms with van der Waals surface area (Å²) in [5.74, 6) is 0.0771. The van der Waals surface area contributed by atoms with Crippen molar-refractivity contribution >= 4 is 21.7 Å². The lowest BCUT2D eigenvalue weighted by molar-refractivity contribution is -0.153. The molecule has 0 saturated heterocycles. The smallest absolute Gasteiger partial charge is 0.422 e. The molecule has 0 aromatic heterocycles. The summed E-state index contributed by atoms with van der Waals surface area (Å²) in [6, 6.07) is 3.28. The summed E-state index contributed by atoms with van der Waals surface area (Å²) in [7, 11) is 0. The van der Waals surface area contributed by atoms with Gasteiger partial charge in [0.1, 0.15) is 11.5 Å². The minimum atomic E-state index is -4.39. The van der Waals surface area contributed by atoms with E-state index in [-0.39, 0.29) is 18.0 Å². The highest BCUT2D eigenvalue weighted by Gasteiger charge is 2.29. The first-order chi connectivity index (χ1) is 8.20. The van der Waals surface area contributed by atoms with Gasteiger partial charge in [-0.25, -0.2) is 0 Å². The molecule has 0 saturated carbocycles. The first kappa shape index (κ1) is 15.0. The van der Waals surface area contributed by atoms with E-state index in [1.807, 2.05) is 0 Å². The summed E-state index contributed by atoms with van der Waals surface area (Å²) in [6.45, 7) is 1.71. The van der Waals surface area contributed by atoms with Crippen LogP contribution in [0, 0.1) is 6.92 Å². The quantitative estimate of drug-likeness (QED) is 0.841. The van der Waals surface area contributed by atoms with E-state index in [0.29, 0.717) is 15.6 Å². The lowest BCUT2D eigenvalue weighted by Gasteiger charge is -2.15. The van der Waals surface area contributed by atoms with E-state index in [0.717, 1.165) is 0 Å². The second-order valence-corrected chi connectivity index (χ2v) is 4.80. The van der Waals surface area contributed by atoms with Crippen LogP contribution in [0.15, 0.2) is 16.6 Å². The number of ketones is 1. The lowest BCUT2D eigenvalue weighted by Crippen LogP contribution is -2.20. The van der Waals surface area contributed by atoms with Crippen LogP contribution in [0.2, 0.25) is 0 Å². The molecule has 0 N–H and O–H groups in total. The van der Waals surface area contributed by atoms with Gasteiger partial charge in [-0.05, 0) is 47.0 Å². The van der Waals surface area contributed by atoms with Gasteiger partial charge in [0.05, 0.1) is 4.47 Å². The molecule has 100 valence electrons. The first-order valence-corrected chi connectivity index (χ1v) is 5.97. The molecule has 0 bridgehead atoms. The van der Waals surface area contributed by atoms with Crippen molar-refractivity contribution in [2.45, 2.75) is 26.4 Å². The maximum Gasteiger partial charge on any atom is 0.422 e. The number of benzene rings is 1. The molecule has 0 aliphatic heterocycles. The van der Waals surface area contributed by atoms with Crippen LogP contribution in [0.5, 0.6) is 5.75 Å². The molecule has 0 unspecified atom stereocenters. The van der Waals surface area contributed by atoms with E-state index in [1.54, 1.807) is 19.1 Å². The van der Waals surface area contributed by atoms with Crippen molar-refractivity contribution < 1.29 is 22.7 Å². The normalized spacial score (nSPS) is 11.4. The van der Waals surface area contributed by atoms with Gasteiger partial charge in [0.25, 0.3) is 0 Å². The minimum absolute atomic E-state index is 0.0535. The number of Topliss-reactive ketones (excluding diaryl/α,β-unsaturated/α-hetero) is 1. The maximum absolute atomic E-state index is 12.1. The van der Waals surface area contributed by atoms with Gasteiger partial charge in [0.15, 0.2) is 6.61 Å². The Balaban J connectivity index is 2.99. The molecule has 1 rings (SSSR count). The largest absolute Gasteiger partial charge is 0.483 e. The summed E-state index contributed by atoms with van der Waals surface area (Å²) < 4.78 is 41.6. The van der Waals surface area contributed by atoms with Crippen LogP contribution in [0.3, 0.4) is 0 Å². The Bertz CT molecular complexity index is 455. The molecule has 0 aliphatic rings. The third-order valence-corrected chi connectivity index (χ3v) is 2.91. The first-order valence-electron chi connectivity index (χ1n) is 5.17. The minimum Gasteiger partial charge on any atom is -0.483 e. The van der Waals surface area contributed by atoms with Crippen LogP contribution in [0.25, 0.3) is 0 Å². The van der Waals surface area contributed by atoms with Crippen molar-refractivity contribution in [2.75, 3.05) is 6.61 Å². The second-order valence-electron chi connectivity index (χ2n) is 3.94. The molecule has 0 amide bonds. The topological polar surface area (TPSA) is 26.3 Å². The number of hydrogen-bond donors (Lipinski definition) is 0. The molecule has 18 heavy (non-hydrogen) atoms. The molecule has 6 heteroatoms. The number of ether oxygens (including phenoxy) is 1. The molecule has 2 nitrogen and oxygen atoms in total. The van der Waals surface area contributed by atoms with Crippen LogP contribution in [0.4, 0.5) is 13.2 Å². The number of carbonyl (C=O) groups is 1. The average Bonchev–Trinajstić information content (AvgIpc) is 2.20. The van der Waals surface area contributed by atoms with E-state index in [9.17, 15) is 18.0 Å². The van der Waals surface area contributed by atoms with Gasteiger partial charge in [-0.1, -0.05) is 6.07 Å². The second kappa shape index (κ2) is 5.73. The fraction of sp³-hybridized carbons (Fsp3) is 0.417. The molecule has 1 aromatic carbocycles. The molecule has 1 aromatic rings. The monoisotopic (exact) mass is 324 g/mol. The highest BCUT2D eigenvalue weighted by atomic mass is 79.9. The molecular weight excluding hydrogens is 313 g/mol. The molecule has 0 aliphatic carbocycles. The number of hydrogen-bond acceptors (Lipinski definition) is 2. The van der Waals surface area contributed by atoms with Crippen LogP contribution in [-0.4, -0.2) is 18.6 Å². The van der Waals surface area contributed by atoms with Crippen LogP contribution in [0.1, 0.15) is 18.1 Å². The Morgan fingerprint density at radius 1 is 1.39 bits per heavy atom. The van der Waals surface area contributed by atoms with Crippen molar-refractivity contribution in [3.05, 3.63) is 27.7 Å². The number of halogens is 4. The van der Waals surface area contributed by atoms with E-state index in [2.05, 4.69) is 15.9 Å². The Morgan fingerprint density at radius 3 is 2.50 bits per heavy atom. The predicted molar refractivity (Wildman–Crippen MR) is 64.8 cm³/mol. The van der Waals surface area contributed by atoms with E-state index in [1.165, 1.54) is 6.92 Å². The van der Waals surface area contributed by atoms with Gasteiger partial charge in [-0.2, -0.15) is 13.2 Å². The Hall–Kier alpha value is -1.04. The lowest BCUT2D eigenvalue weighted by atomic mass is 10.0. The van der Waals surface area contributed by atoms with Crippen molar-refractivity contribution in [2.24, 2.45) is 0 Å². The van der Waals surface area contributed by atoms with Gasteiger partial charge in [-0.3, -0.25) is 4.79 Å². The molecule has 0 heterocycles. The van der Waals surface area contributed by atoms with Gasteiger partial charge < -0.3 is 4.74 Å². The van der Waals surface area contributed by atoms with E-state index >= 15 is 0 Å². The number of carbonyl (C=O) groups excluding carboxylic acids is 1. The fourth-order valence-electron chi connectivity index (χ4n) is 1.49. The summed E-state index contributed by atoms with van der Waals surface area (Å²) in [5.41, 5.74) is 1.21. The van der Waals surface area contributed by atoms with Crippen LogP contribution < -0.4 is 4.74 Å². The summed E-state index contributed by atoms with van der Waals surface area (Å²) >= 11 is 3.14. The zero-order chi connectivity index (χ0) is 13.9. The average molecular weight is 325 g/mol. The molecule has 0 spiro atoms. The highest BCUT2D eigenvalue weighted by molar-refractivity contribution is 9.10. The highest BCUT2D eigenvalue weighted by Crippen LogP contribution is 2.32. The zero-order valence-electron chi connectivity index (χ0n) is 9.90. The number of rotatable bonds is 4. The standard InChI is InChI=1S/C12H12BrF3O2/c1-7(17)5-9-3-4-10(13)11(8(9)2)18-6-12(14,15)16/h3-4H,5-6H2,1-2H3. The summed E-state index contributed by atoms with van der Waals surface area (Å²) in [5, 5.41) is 0. The molecular formula is C12H12BrF3O2. The SMILES string of the molecule is CC(=O)Cc1ccc(Br)c(OCC(F)(F)F)c1C. The van der Waals surface area contributed by atoms with Gasteiger partial charge in [0, 0.05) is 6.42 Å². The fourth-order valence-corrected chi connectivity index (χ4v) is 2.03. The third-order valence-electron chi connectivity index (χ3n) is 2.29. The summed E-state index contributed by atoms with van der Waals surface area (Å²) in [4.78, 5) is 11.0. The predicted octanol–water partition coefficient (Wildman–Crippen LogP) is 3.83. The van der Waals surface area contributed by atoms with Gasteiger partial charge in [0.2, 0.25) is 0 Å². The third kappa shape index (κ3) is 4.33. The zero-order valence-corrected chi connectivity index (χ0v) is 11.5. The van der Waals surface area contributed by atoms with Gasteiger partial charge in [-0.15, -0.1) is 0 Å². The summed E-state index contributed by atoms with van der Waals surface area (Å²) in [6.07, 6.45) is -4.20. The van der Waals surface area contributed by atoms with Crippen molar-refractivity contribution in [3.8, 4) is 5.75 Å². The number of alkyl halides is 3. The maximum atomic E-state index is 12.1. The van der Waals surface area contributed by atoms with Gasteiger partial charge >= 0.3 is 6.18 Å². The van der Waals surface area contributed by atoms with Crippen molar-refractivity contribution in [3.63, 3.8) is 0 Å².